The molecule has 0 aromatic carbocycles. The highest BCUT2D eigenvalue weighted by Crippen LogP contribution is 2.42. The van der Waals surface area contributed by atoms with Gasteiger partial charge in [-0.25, -0.2) is 0 Å². The van der Waals surface area contributed by atoms with Crippen molar-refractivity contribution in [1.29, 1.82) is 0 Å². The van der Waals surface area contributed by atoms with Crippen molar-refractivity contribution in [3.8, 4) is 0 Å². The van der Waals surface area contributed by atoms with Crippen LogP contribution in [0.3, 0.4) is 0 Å². The van der Waals surface area contributed by atoms with Crippen LogP contribution in [0.15, 0.2) is 0 Å². The van der Waals surface area contributed by atoms with Crippen LogP contribution in [0.25, 0.3) is 0 Å². The lowest BCUT2D eigenvalue weighted by atomic mass is 10.1. The predicted octanol–water partition coefficient (Wildman–Crippen LogP) is 5.99. The third kappa shape index (κ3) is 20.3. The van der Waals surface area contributed by atoms with Gasteiger partial charge in [-0.05, 0) is 6.42 Å². The molecule has 0 aromatic heterocycles. The molecule has 0 rings (SSSR count). The first-order valence-corrected chi connectivity index (χ1v) is 12.3. The van der Waals surface area contributed by atoms with Gasteiger partial charge >= 0.3 is 7.60 Å². The van der Waals surface area contributed by atoms with Crippen LogP contribution >= 0.6 is 7.60 Å². The summed E-state index contributed by atoms with van der Waals surface area (Å²) < 4.78 is 17.9. The van der Waals surface area contributed by atoms with Gasteiger partial charge in [-0.3, -0.25) is 4.57 Å². The summed E-state index contributed by atoms with van der Waals surface area (Å²) in [6.45, 7) is 3.37. The van der Waals surface area contributed by atoms with Gasteiger partial charge in [0.15, 0.2) is 0 Å². The number of rotatable bonds is 18. The number of quaternary nitrogens is 1. The maximum atomic E-state index is 11.9. The first-order valence-electron chi connectivity index (χ1n) is 10.5. The second-order valence-corrected chi connectivity index (χ2v) is 10.4. The molecule has 0 radical (unpaired) electrons. The van der Waals surface area contributed by atoms with Crippen molar-refractivity contribution in [2.75, 3.05) is 40.5 Å². The van der Waals surface area contributed by atoms with E-state index in [2.05, 4.69) is 28.1 Å². The monoisotopic (exact) mass is 378 g/mol. The summed E-state index contributed by atoms with van der Waals surface area (Å²) in [5.74, 6) is 0. The van der Waals surface area contributed by atoms with Crippen molar-refractivity contribution < 1.29 is 18.5 Å². The van der Waals surface area contributed by atoms with Crippen LogP contribution < -0.4 is 0 Å². The lowest BCUT2D eigenvalue weighted by Crippen LogP contribution is -2.37. The second kappa shape index (κ2) is 15.2. The summed E-state index contributed by atoms with van der Waals surface area (Å²) in [6, 6.07) is 0. The Morgan fingerprint density at radius 2 is 1.16 bits per heavy atom. The average Bonchev–Trinajstić information content (AvgIpc) is 2.50. The molecule has 152 valence electrons. The van der Waals surface area contributed by atoms with Crippen LogP contribution in [-0.2, 0) is 9.09 Å². The lowest BCUT2D eigenvalue weighted by molar-refractivity contribution is -0.870. The van der Waals surface area contributed by atoms with E-state index in [4.69, 9.17) is 4.52 Å². The van der Waals surface area contributed by atoms with Gasteiger partial charge in [0.05, 0.1) is 21.1 Å². The number of likely N-dealkylation sites (N-methyl/N-ethyl adjacent to an activating group) is 1. The highest BCUT2D eigenvalue weighted by Gasteiger charge is 2.20. The number of hydrogen-bond donors (Lipinski definition) is 1. The zero-order valence-corrected chi connectivity index (χ0v) is 18.4. The van der Waals surface area contributed by atoms with Gasteiger partial charge in [-0.15, -0.1) is 0 Å². The Hall–Kier alpha value is 0.110. The van der Waals surface area contributed by atoms with Crippen molar-refractivity contribution >= 4 is 7.60 Å². The Bertz CT molecular complexity index is 342. The third-order valence-corrected chi connectivity index (χ3v) is 6.07. The van der Waals surface area contributed by atoms with E-state index >= 15 is 0 Å². The fourth-order valence-electron chi connectivity index (χ4n) is 2.85. The predicted molar refractivity (Wildman–Crippen MR) is 109 cm³/mol. The van der Waals surface area contributed by atoms with Crippen molar-refractivity contribution in [3.05, 3.63) is 0 Å². The minimum absolute atomic E-state index is 0.307. The molecule has 0 aliphatic heterocycles. The van der Waals surface area contributed by atoms with Gasteiger partial charge in [-0.2, -0.15) is 0 Å². The van der Waals surface area contributed by atoms with E-state index < -0.39 is 7.60 Å². The minimum Gasteiger partial charge on any atom is -0.329 e. The van der Waals surface area contributed by atoms with Crippen LogP contribution in [0.5, 0.6) is 0 Å². The largest absolute Gasteiger partial charge is 0.329 e. The molecule has 0 saturated carbocycles. The summed E-state index contributed by atoms with van der Waals surface area (Å²) in [5.41, 5.74) is 0. The third-order valence-electron chi connectivity index (χ3n) is 4.60. The number of nitrogens with zero attached hydrogens (tertiary/aromatic N) is 1. The molecule has 0 heterocycles. The van der Waals surface area contributed by atoms with Crippen LogP contribution in [0, 0.1) is 0 Å². The Balaban J connectivity index is 3.35. The van der Waals surface area contributed by atoms with Crippen LogP contribution in [-0.4, -0.2) is 49.8 Å². The number of unbranched alkanes of at least 4 members (excludes halogenated alkanes) is 12. The second-order valence-electron chi connectivity index (χ2n) is 8.45. The molecule has 0 fully saturated rings. The van der Waals surface area contributed by atoms with Gasteiger partial charge in [-0.1, -0.05) is 84.0 Å². The molecule has 0 aromatic rings. The average molecular weight is 379 g/mol. The Labute approximate surface area is 157 Å². The van der Waals surface area contributed by atoms with E-state index in [1.54, 1.807) is 0 Å². The van der Waals surface area contributed by atoms with Crippen LogP contribution in [0.2, 0.25) is 0 Å². The SMILES string of the molecule is CCCCCCCCCCCCCCCP(=O)(O)OCC[N+](C)(C)C. The maximum absolute atomic E-state index is 11.9. The van der Waals surface area contributed by atoms with E-state index in [0.717, 1.165) is 23.9 Å². The van der Waals surface area contributed by atoms with Gasteiger partial charge in [0.2, 0.25) is 0 Å². The first-order chi connectivity index (χ1) is 11.8. The quantitative estimate of drug-likeness (QED) is 0.181. The summed E-state index contributed by atoms with van der Waals surface area (Å²) >= 11 is 0. The smallest absolute Gasteiger partial charge is 0.328 e. The van der Waals surface area contributed by atoms with E-state index in [9.17, 15) is 9.46 Å². The van der Waals surface area contributed by atoms with Crippen molar-refractivity contribution in [1.82, 2.24) is 0 Å². The Morgan fingerprint density at radius 1 is 0.760 bits per heavy atom. The van der Waals surface area contributed by atoms with E-state index in [0.29, 0.717) is 12.8 Å². The van der Waals surface area contributed by atoms with Crippen LogP contribution in [0.1, 0.15) is 90.4 Å². The molecule has 25 heavy (non-hydrogen) atoms. The maximum Gasteiger partial charge on any atom is 0.328 e. The minimum atomic E-state index is -3.37. The zero-order chi connectivity index (χ0) is 19.0. The molecule has 5 heteroatoms. The van der Waals surface area contributed by atoms with Crippen molar-refractivity contribution in [2.45, 2.75) is 90.4 Å². The molecular weight excluding hydrogens is 333 g/mol. The lowest BCUT2D eigenvalue weighted by Gasteiger charge is -2.24. The molecule has 1 atom stereocenters. The molecule has 1 unspecified atom stereocenters. The highest BCUT2D eigenvalue weighted by molar-refractivity contribution is 7.52. The van der Waals surface area contributed by atoms with Gasteiger partial charge < -0.3 is 13.9 Å². The van der Waals surface area contributed by atoms with Gasteiger partial charge in [0.25, 0.3) is 0 Å². The molecule has 4 nitrogen and oxygen atoms in total. The van der Waals surface area contributed by atoms with Gasteiger partial charge in [0.1, 0.15) is 13.2 Å². The van der Waals surface area contributed by atoms with Crippen molar-refractivity contribution in [2.24, 2.45) is 0 Å². The van der Waals surface area contributed by atoms with Crippen molar-refractivity contribution in [3.63, 3.8) is 0 Å². The molecule has 0 aliphatic rings. The molecule has 0 aliphatic carbocycles. The number of hydrogen-bond acceptors (Lipinski definition) is 2. The van der Waals surface area contributed by atoms with Gasteiger partial charge in [0, 0.05) is 6.16 Å². The molecular formula is C20H45NO3P+. The fraction of sp³-hybridized carbons (Fsp3) is 1.00. The Kier molecular flexibility index (Phi) is 15.3. The van der Waals surface area contributed by atoms with E-state index in [-0.39, 0.29) is 0 Å². The molecule has 0 saturated heterocycles. The topological polar surface area (TPSA) is 46.5 Å². The molecule has 0 amide bonds. The van der Waals surface area contributed by atoms with E-state index in [1.807, 2.05) is 0 Å². The summed E-state index contributed by atoms with van der Waals surface area (Å²) in [6.07, 6.45) is 16.9. The Morgan fingerprint density at radius 3 is 1.56 bits per heavy atom. The summed E-state index contributed by atoms with van der Waals surface area (Å²) in [4.78, 5) is 9.81. The highest BCUT2D eigenvalue weighted by atomic mass is 31.2. The fourth-order valence-corrected chi connectivity index (χ4v) is 3.97. The molecule has 0 bridgehead atoms. The first kappa shape index (κ1) is 25.1. The summed E-state index contributed by atoms with van der Waals surface area (Å²) in [7, 11) is 2.79. The van der Waals surface area contributed by atoms with Crippen LogP contribution in [0.4, 0.5) is 0 Å². The van der Waals surface area contributed by atoms with E-state index in [1.165, 1.54) is 70.6 Å². The summed E-state index contributed by atoms with van der Waals surface area (Å²) in [5, 5.41) is 0. The standard InChI is InChI=1S/C20H44NO3P/c1-5-6-7-8-9-10-11-12-13-14-15-16-17-20-25(22,23)24-19-18-21(2,3)4/h5-20H2,1-4H3/p+1. The normalized spacial score (nSPS) is 14.6. The zero-order valence-electron chi connectivity index (χ0n) is 17.5. The molecule has 1 N–H and O–H groups in total. The molecule has 0 spiro atoms.